The van der Waals surface area contributed by atoms with Gasteiger partial charge in [-0.1, -0.05) is 13.8 Å². The normalized spacial score (nSPS) is 25.8. The third-order valence-electron chi connectivity index (χ3n) is 2.45. The van der Waals surface area contributed by atoms with Gasteiger partial charge >= 0.3 is 0 Å². The van der Waals surface area contributed by atoms with E-state index in [1.807, 2.05) is 0 Å². The van der Waals surface area contributed by atoms with Crippen molar-refractivity contribution in [3.05, 3.63) is 0 Å². The molecule has 0 radical (unpaired) electrons. The van der Waals surface area contributed by atoms with Crippen molar-refractivity contribution < 1.29 is 0 Å². The minimum absolute atomic E-state index is 0.717. The Bertz CT molecular complexity index is 104. The first-order chi connectivity index (χ1) is 5.79. The first-order valence-corrected chi connectivity index (χ1v) is 5.23. The Morgan fingerprint density at radius 3 is 2.92 bits per heavy atom. The Morgan fingerprint density at radius 2 is 2.17 bits per heavy atom. The van der Waals surface area contributed by atoms with Gasteiger partial charge in [-0.25, -0.2) is 0 Å². The average molecular weight is 170 g/mol. The fourth-order valence-electron chi connectivity index (χ4n) is 1.61. The molecule has 2 heteroatoms. The quantitative estimate of drug-likeness (QED) is 0.668. The Labute approximate surface area is 76.1 Å². The number of hydrogen-bond acceptors (Lipinski definition) is 2. The molecule has 0 aromatic carbocycles. The van der Waals surface area contributed by atoms with E-state index in [2.05, 4.69) is 24.5 Å². The van der Waals surface area contributed by atoms with Crippen LogP contribution in [0.25, 0.3) is 0 Å². The van der Waals surface area contributed by atoms with Crippen LogP contribution in [0.2, 0.25) is 0 Å². The molecular weight excluding hydrogens is 148 g/mol. The van der Waals surface area contributed by atoms with Crippen LogP contribution < -0.4 is 10.6 Å². The summed E-state index contributed by atoms with van der Waals surface area (Å²) in [6, 6.07) is 0.717. The van der Waals surface area contributed by atoms with E-state index in [9.17, 15) is 0 Å². The van der Waals surface area contributed by atoms with Crippen molar-refractivity contribution in [3.63, 3.8) is 0 Å². The van der Waals surface area contributed by atoms with Crippen molar-refractivity contribution in [3.8, 4) is 0 Å². The van der Waals surface area contributed by atoms with E-state index in [1.54, 1.807) is 0 Å². The van der Waals surface area contributed by atoms with E-state index in [1.165, 1.54) is 32.4 Å². The third-order valence-corrected chi connectivity index (χ3v) is 2.45. The van der Waals surface area contributed by atoms with Gasteiger partial charge in [-0.3, -0.25) is 0 Å². The smallest absolute Gasteiger partial charge is 0.0192 e. The molecule has 0 aliphatic carbocycles. The van der Waals surface area contributed by atoms with E-state index >= 15 is 0 Å². The molecule has 1 unspecified atom stereocenters. The molecule has 2 nitrogen and oxygen atoms in total. The monoisotopic (exact) mass is 170 g/mol. The molecule has 1 saturated heterocycles. The van der Waals surface area contributed by atoms with Gasteiger partial charge < -0.3 is 10.6 Å². The molecule has 1 aliphatic rings. The highest BCUT2D eigenvalue weighted by Crippen LogP contribution is 2.07. The van der Waals surface area contributed by atoms with Crippen molar-refractivity contribution in [2.45, 2.75) is 39.2 Å². The van der Waals surface area contributed by atoms with E-state index < -0.39 is 0 Å². The summed E-state index contributed by atoms with van der Waals surface area (Å²) in [7, 11) is 0. The molecule has 0 aromatic heterocycles. The predicted molar refractivity (Wildman–Crippen MR) is 53.3 cm³/mol. The van der Waals surface area contributed by atoms with Crippen LogP contribution in [0.1, 0.15) is 33.1 Å². The zero-order valence-electron chi connectivity index (χ0n) is 8.40. The zero-order valence-corrected chi connectivity index (χ0v) is 8.40. The minimum Gasteiger partial charge on any atom is -0.315 e. The Morgan fingerprint density at radius 1 is 1.33 bits per heavy atom. The van der Waals surface area contributed by atoms with Crippen LogP contribution in [0.15, 0.2) is 0 Å². The predicted octanol–water partition coefficient (Wildman–Crippen LogP) is 1.37. The van der Waals surface area contributed by atoms with E-state index in [4.69, 9.17) is 0 Å². The Balaban J connectivity index is 2.12. The fourth-order valence-corrected chi connectivity index (χ4v) is 1.61. The molecule has 72 valence electrons. The topological polar surface area (TPSA) is 24.1 Å². The van der Waals surface area contributed by atoms with Crippen LogP contribution >= 0.6 is 0 Å². The lowest BCUT2D eigenvalue weighted by molar-refractivity contribution is 0.437. The molecule has 12 heavy (non-hydrogen) atoms. The molecule has 0 bridgehead atoms. The molecule has 0 spiro atoms. The highest BCUT2D eigenvalue weighted by Gasteiger charge is 2.10. The van der Waals surface area contributed by atoms with Crippen molar-refractivity contribution in [1.82, 2.24) is 10.6 Å². The highest BCUT2D eigenvalue weighted by molar-refractivity contribution is 4.73. The van der Waals surface area contributed by atoms with Crippen molar-refractivity contribution in [2.75, 3.05) is 19.6 Å². The maximum Gasteiger partial charge on any atom is 0.0192 e. The zero-order chi connectivity index (χ0) is 8.81. The average Bonchev–Trinajstić information content (AvgIpc) is 2.28. The van der Waals surface area contributed by atoms with Crippen LogP contribution in [0, 0.1) is 5.92 Å². The second-order valence-electron chi connectivity index (χ2n) is 4.18. The number of nitrogens with one attached hydrogen (secondary N) is 2. The van der Waals surface area contributed by atoms with Crippen LogP contribution in [-0.4, -0.2) is 25.7 Å². The van der Waals surface area contributed by atoms with Crippen LogP contribution in [0.4, 0.5) is 0 Å². The largest absolute Gasteiger partial charge is 0.315 e. The summed E-state index contributed by atoms with van der Waals surface area (Å²) in [4.78, 5) is 0. The lowest BCUT2D eigenvalue weighted by atomic mass is 10.0. The molecule has 1 fully saturated rings. The second kappa shape index (κ2) is 5.55. The van der Waals surface area contributed by atoms with Gasteiger partial charge in [0.15, 0.2) is 0 Å². The number of rotatable bonds is 3. The summed E-state index contributed by atoms with van der Waals surface area (Å²) in [6.45, 7) is 8.13. The second-order valence-corrected chi connectivity index (χ2v) is 4.18. The van der Waals surface area contributed by atoms with E-state index in [0.717, 1.165) is 18.5 Å². The summed E-state index contributed by atoms with van der Waals surface area (Å²) in [5.74, 6) is 0.843. The van der Waals surface area contributed by atoms with Gasteiger partial charge in [0.05, 0.1) is 0 Å². The van der Waals surface area contributed by atoms with Gasteiger partial charge in [0, 0.05) is 12.6 Å². The van der Waals surface area contributed by atoms with Gasteiger partial charge in [-0.05, 0) is 38.3 Å². The lowest BCUT2D eigenvalue weighted by Gasteiger charge is -2.16. The molecule has 0 amide bonds. The van der Waals surface area contributed by atoms with Gasteiger partial charge in [0.2, 0.25) is 0 Å². The summed E-state index contributed by atoms with van der Waals surface area (Å²) < 4.78 is 0. The minimum atomic E-state index is 0.717. The Hall–Kier alpha value is -0.0800. The van der Waals surface area contributed by atoms with Crippen LogP contribution in [0.3, 0.4) is 0 Å². The summed E-state index contributed by atoms with van der Waals surface area (Å²) in [6.07, 6.45) is 3.95. The van der Waals surface area contributed by atoms with Crippen LogP contribution in [-0.2, 0) is 0 Å². The first-order valence-electron chi connectivity index (χ1n) is 5.23. The maximum absolute atomic E-state index is 3.57. The molecule has 1 heterocycles. The lowest BCUT2D eigenvalue weighted by Crippen LogP contribution is -2.35. The van der Waals surface area contributed by atoms with Gasteiger partial charge in [0.1, 0.15) is 0 Å². The van der Waals surface area contributed by atoms with Crippen molar-refractivity contribution in [2.24, 2.45) is 5.92 Å². The Kier molecular flexibility index (Phi) is 4.62. The summed E-state index contributed by atoms with van der Waals surface area (Å²) in [5, 5.41) is 7.03. The van der Waals surface area contributed by atoms with Crippen molar-refractivity contribution in [1.29, 1.82) is 0 Å². The summed E-state index contributed by atoms with van der Waals surface area (Å²) in [5.41, 5.74) is 0. The third kappa shape index (κ3) is 4.07. The maximum atomic E-state index is 3.57. The van der Waals surface area contributed by atoms with Crippen molar-refractivity contribution >= 4 is 0 Å². The molecule has 2 N–H and O–H groups in total. The highest BCUT2D eigenvalue weighted by atomic mass is 15.0. The van der Waals surface area contributed by atoms with Crippen LogP contribution in [0.5, 0.6) is 0 Å². The SMILES string of the molecule is CC(C)CCC1CNCCCN1. The first kappa shape index (κ1) is 10.0. The number of hydrogen-bond donors (Lipinski definition) is 2. The van der Waals surface area contributed by atoms with E-state index in [0.29, 0.717) is 0 Å². The van der Waals surface area contributed by atoms with Gasteiger partial charge in [-0.15, -0.1) is 0 Å². The molecule has 1 aliphatic heterocycles. The molecule has 1 rings (SSSR count). The standard InChI is InChI=1S/C10H22N2/c1-9(2)4-5-10-8-11-6-3-7-12-10/h9-12H,3-8H2,1-2H3. The van der Waals surface area contributed by atoms with E-state index in [-0.39, 0.29) is 0 Å². The fraction of sp³-hybridized carbons (Fsp3) is 1.00. The summed E-state index contributed by atoms with van der Waals surface area (Å²) >= 11 is 0. The van der Waals surface area contributed by atoms with Gasteiger partial charge in [0.25, 0.3) is 0 Å². The molecule has 1 atom stereocenters. The molecular formula is C10H22N2. The molecule has 0 aromatic rings. The molecule has 0 saturated carbocycles. The van der Waals surface area contributed by atoms with Gasteiger partial charge in [-0.2, -0.15) is 0 Å².